The monoisotopic (exact) mass is 358 g/mol. The fourth-order valence-corrected chi connectivity index (χ4v) is 2.63. The minimum absolute atomic E-state index is 0.106. The Morgan fingerprint density at radius 2 is 2.12 bits per heavy atom. The molecule has 0 aliphatic heterocycles. The second-order valence-electron chi connectivity index (χ2n) is 3.42. The van der Waals surface area contributed by atoms with E-state index in [0.717, 1.165) is 9.13 Å². The number of carbonyl (C=O) groups is 1. The largest absolute Gasteiger partial charge is 0.287 e. The summed E-state index contributed by atoms with van der Waals surface area (Å²) in [6.45, 7) is 0.638. The van der Waals surface area contributed by atoms with Crippen LogP contribution in [0, 0.1) is 3.57 Å². The highest BCUT2D eigenvalue weighted by molar-refractivity contribution is 14.1. The summed E-state index contributed by atoms with van der Waals surface area (Å²) in [7, 11) is 0. The predicted octanol–water partition coefficient (Wildman–Crippen LogP) is 2.79. The average molecular weight is 358 g/mol. The molecule has 0 fully saturated rings. The molecule has 0 bridgehead atoms. The van der Waals surface area contributed by atoms with Crippen LogP contribution in [0.5, 0.6) is 0 Å². The standard InChI is InChI=1S/C12H11IN2OS/c13-11-4-2-1-3-10(11)12(16)15-14-7-9-5-6-17-8-9/h1-6,8,14H,7H2,(H,15,16). The highest BCUT2D eigenvalue weighted by atomic mass is 127. The first kappa shape index (κ1) is 12.5. The Balaban J connectivity index is 1.88. The van der Waals surface area contributed by atoms with Gasteiger partial charge in [0.05, 0.1) is 5.56 Å². The first-order valence-electron chi connectivity index (χ1n) is 5.06. The number of hydrazine groups is 1. The van der Waals surface area contributed by atoms with Gasteiger partial charge in [-0.05, 0) is 57.1 Å². The van der Waals surface area contributed by atoms with Crippen molar-refractivity contribution in [3.63, 3.8) is 0 Å². The molecule has 1 amide bonds. The van der Waals surface area contributed by atoms with Crippen LogP contribution < -0.4 is 10.9 Å². The molecule has 0 radical (unpaired) electrons. The van der Waals surface area contributed by atoms with Gasteiger partial charge in [0.1, 0.15) is 0 Å². The van der Waals surface area contributed by atoms with Crippen molar-refractivity contribution >= 4 is 39.8 Å². The van der Waals surface area contributed by atoms with E-state index in [0.29, 0.717) is 12.1 Å². The zero-order valence-electron chi connectivity index (χ0n) is 8.94. The van der Waals surface area contributed by atoms with Crippen molar-refractivity contribution in [2.75, 3.05) is 0 Å². The quantitative estimate of drug-likeness (QED) is 0.652. The van der Waals surface area contributed by atoms with Gasteiger partial charge in [-0.3, -0.25) is 10.2 Å². The van der Waals surface area contributed by atoms with Crippen LogP contribution in [0.2, 0.25) is 0 Å². The van der Waals surface area contributed by atoms with E-state index in [9.17, 15) is 4.79 Å². The molecule has 0 atom stereocenters. The van der Waals surface area contributed by atoms with Crippen LogP contribution in [0.1, 0.15) is 15.9 Å². The fraction of sp³-hybridized carbons (Fsp3) is 0.0833. The predicted molar refractivity (Wildman–Crippen MR) is 77.8 cm³/mol. The molecule has 2 N–H and O–H groups in total. The Labute approximate surface area is 117 Å². The highest BCUT2D eigenvalue weighted by Gasteiger charge is 2.07. The maximum Gasteiger partial charge on any atom is 0.266 e. The zero-order chi connectivity index (χ0) is 12.1. The molecular weight excluding hydrogens is 347 g/mol. The molecule has 1 heterocycles. The summed E-state index contributed by atoms with van der Waals surface area (Å²) >= 11 is 3.79. The molecule has 1 aromatic heterocycles. The zero-order valence-corrected chi connectivity index (χ0v) is 11.9. The Hall–Kier alpha value is -0.920. The molecule has 0 saturated carbocycles. The van der Waals surface area contributed by atoms with Crippen molar-refractivity contribution in [1.82, 2.24) is 10.9 Å². The van der Waals surface area contributed by atoms with E-state index in [4.69, 9.17) is 0 Å². The summed E-state index contributed by atoms with van der Waals surface area (Å²) in [5, 5.41) is 4.06. The minimum Gasteiger partial charge on any atom is -0.287 e. The Kier molecular flexibility index (Phi) is 4.52. The summed E-state index contributed by atoms with van der Waals surface area (Å²) in [5.74, 6) is -0.106. The molecule has 0 spiro atoms. The summed E-state index contributed by atoms with van der Waals surface area (Å²) in [5.41, 5.74) is 7.46. The van der Waals surface area contributed by atoms with Crippen LogP contribution in [0.3, 0.4) is 0 Å². The number of carbonyl (C=O) groups excluding carboxylic acids is 1. The maximum absolute atomic E-state index is 11.8. The molecule has 88 valence electrons. The number of benzene rings is 1. The second kappa shape index (κ2) is 6.13. The highest BCUT2D eigenvalue weighted by Crippen LogP contribution is 2.10. The van der Waals surface area contributed by atoms with Gasteiger partial charge in [0.25, 0.3) is 5.91 Å². The molecule has 2 rings (SSSR count). The first-order valence-corrected chi connectivity index (χ1v) is 7.08. The van der Waals surface area contributed by atoms with Gasteiger partial charge in [-0.25, -0.2) is 5.43 Å². The van der Waals surface area contributed by atoms with Crippen LogP contribution in [-0.2, 0) is 6.54 Å². The van der Waals surface area contributed by atoms with Crippen molar-refractivity contribution in [1.29, 1.82) is 0 Å². The molecule has 1 aromatic carbocycles. The second-order valence-corrected chi connectivity index (χ2v) is 5.36. The number of nitrogens with one attached hydrogen (secondary N) is 2. The third kappa shape index (κ3) is 3.52. The van der Waals surface area contributed by atoms with Crippen molar-refractivity contribution in [3.05, 3.63) is 55.8 Å². The Morgan fingerprint density at radius 1 is 1.29 bits per heavy atom. The maximum atomic E-state index is 11.8. The normalized spacial score (nSPS) is 10.2. The molecule has 0 aliphatic rings. The number of hydrogen-bond acceptors (Lipinski definition) is 3. The molecule has 0 saturated heterocycles. The summed E-state index contributed by atoms with van der Waals surface area (Å²) in [6, 6.07) is 9.51. The van der Waals surface area contributed by atoms with Crippen molar-refractivity contribution in [2.45, 2.75) is 6.54 Å². The van der Waals surface area contributed by atoms with Crippen molar-refractivity contribution in [3.8, 4) is 0 Å². The van der Waals surface area contributed by atoms with E-state index in [-0.39, 0.29) is 5.91 Å². The van der Waals surface area contributed by atoms with Gasteiger partial charge in [-0.15, -0.1) is 0 Å². The van der Waals surface area contributed by atoms with Gasteiger partial charge in [0.15, 0.2) is 0 Å². The molecule has 17 heavy (non-hydrogen) atoms. The third-order valence-corrected chi connectivity index (χ3v) is 3.87. The number of amides is 1. The van der Waals surface area contributed by atoms with E-state index in [1.165, 1.54) is 0 Å². The van der Waals surface area contributed by atoms with Gasteiger partial charge in [0, 0.05) is 10.1 Å². The Bertz CT molecular complexity index is 499. The summed E-state index contributed by atoms with van der Waals surface area (Å²) in [4.78, 5) is 11.8. The summed E-state index contributed by atoms with van der Waals surface area (Å²) in [6.07, 6.45) is 0. The van der Waals surface area contributed by atoms with Gasteiger partial charge < -0.3 is 0 Å². The Morgan fingerprint density at radius 3 is 2.82 bits per heavy atom. The average Bonchev–Trinajstić information content (AvgIpc) is 2.82. The number of hydrogen-bond donors (Lipinski definition) is 2. The first-order chi connectivity index (χ1) is 8.27. The van der Waals surface area contributed by atoms with E-state index in [2.05, 4.69) is 33.4 Å². The van der Waals surface area contributed by atoms with Gasteiger partial charge >= 0.3 is 0 Å². The molecule has 3 nitrogen and oxygen atoms in total. The molecular formula is C12H11IN2OS. The minimum atomic E-state index is -0.106. The fourth-order valence-electron chi connectivity index (χ4n) is 1.33. The van der Waals surface area contributed by atoms with Crippen molar-refractivity contribution in [2.24, 2.45) is 0 Å². The van der Waals surface area contributed by atoms with E-state index in [1.54, 1.807) is 11.3 Å². The molecule has 0 aliphatic carbocycles. The lowest BCUT2D eigenvalue weighted by Crippen LogP contribution is -2.37. The van der Waals surface area contributed by atoms with Crippen LogP contribution in [-0.4, -0.2) is 5.91 Å². The van der Waals surface area contributed by atoms with Gasteiger partial charge in [-0.2, -0.15) is 11.3 Å². The topological polar surface area (TPSA) is 41.1 Å². The molecule has 2 aromatic rings. The smallest absolute Gasteiger partial charge is 0.266 e. The van der Waals surface area contributed by atoms with Crippen LogP contribution in [0.4, 0.5) is 0 Å². The SMILES string of the molecule is O=C(NNCc1ccsc1)c1ccccc1I. The summed E-state index contributed by atoms with van der Waals surface area (Å²) < 4.78 is 0.944. The lowest BCUT2D eigenvalue weighted by molar-refractivity contribution is 0.0931. The lowest BCUT2D eigenvalue weighted by atomic mass is 10.2. The van der Waals surface area contributed by atoms with Crippen LogP contribution in [0.25, 0.3) is 0 Å². The van der Waals surface area contributed by atoms with Gasteiger partial charge in [-0.1, -0.05) is 12.1 Å². The molecule has 5 heteroatoms. The lowest BCUT2D eigenvalue weighted by Gasteiger charge is -2.07. The number of thiophene rings is 1. The number of halogens is 1. The van der Waals surface area contributed by atoms with Crippen LogP contribution >= 0.6 is 33.9 Å². The van der Waals surface area contributed by atoms with E-state index in [1.807, 2.05) is 41.1 Å². The third-order valence-electron chi connectivity index (χ3n) is 2.19. The van der Waals surface area contributed by atoms with E-state index < -0.39 is 0 Å². The van der Waals surface area contributed by atoms with Gasteiger partial charge in [0.2, 0.25) is 0 Å². The van der Waals surface area contributed by atoms with Crippen LogP contribution in [0.15, 0.2) is 41.1 Å². The van der Waals surface area contributed by atoms with E-state index >= 15 is 0 Å². The van der Waals surface area contributed by atoms with Crippen molar-refractivity contribution < 1.29 is 4.79 Å². The number of rotatable bonds is 4. The molecule has 0 unspecified atom stereocenters.